The van der Waals surface area contributed by atoms with Crippen molar-refractivity contribution in [2.24, 2.45) is 5.41 Å². The summed E-state index contributed by atoms with van der Waals surface area (Å²) in [6.45, 7) is 3.15. The number of methoxy groups -OCH3 is 1. The lowest BCUT2D eigenvalue weighted by Gasteiger charge is -2.19. The highest BCUT2D eigenvalue weighted by Crippen LogP contribution is 2.25. The molecule has 0 bridgehead atoms. The summed E-state index contributed by atoms with van der Waals surface area (Å²) in [5.74, 6) is -0.742. The minimum atomic E-state index is -1.14. The largest absolute Gasteiger partial charge is 0.468 e. The highest BCUT2D eigenvalue weighted by atomic mass is 32.2. The van der Waals surface area contributed by atoms with Crippen LogP contribution in [0.2, 0.25) is 0 Å². The normalized spacial score (nSPS) is 11.1. The Bertz CT molecular complexity index is 421. The fraction of sp³-hybridized carbons (Fsp3) is 0.385. The molecule has 0 aliphatic carbocycles. The van der Waals surface area contributed by atoms with Crippen LogP contribution in [0.4, 0.5) is 0 Å². The van der Waals surface area contributed by atoms with Gasteiger partial charge in [-0.3, -0.25) is 9.59 Å². The van der Waals surface area contributed by atoms with E-state index in [4.69, 9.17) is 0 Å². The van der Waals surface area contributed by atoms with E-state index >= 15 is 0 Å². The molecule has 0 aliphatic rings. The number of benzene rings is 1. The predicted octanol–water partition coefficient (Wildman–Crippen LogP) is 2.79. The van der Waals surface area contributed by atoms with Crippen molar-refractivity contribution in [1.82, 2.24) is 0 Å². The van der Waals surface area contributed by atoms with Crippen LogP contribution in [-0.4, -0.2) is 25.1 Å². The van der Waals surface area contributed by atoms with E-state index in [2.05, 4.69) is 4.74 Å². The van der Waals surface area contributed by atoms with E-state index in [1.54, 1.807) is 37.7 Å². The number of thioether (sulfide) groups is 1. The average molecular weight is 252 g/mol. The minimum absolute atomic E-state index is 0.225. The first-order chi connectivity index (χ1) is 7.93. The summed E-state index contributed by atoms with van der Waals surface area (Å²) in [5, 5.41) is 0. The quantitative estimate of drug-likeness (QED) is 0.358. The molecule has 0 radical (unpaired) electrons. The lowest BCUT2D eigenvalue weighted by molar-refractivity contribution is -0.147. The first kappa shape index (κ1) is 13.8. The van der Waals surface area contributed by atoms with Gasteiger partial charge in [0.1, 0.15) is 5.41 Å². The zero-order chi connectivity index (χ0) is 13.1. The molecule has 0 aliphatic heterocycles. The lowest BCUT2D eigenvalue weighted by Crippen LogP contribution is -2.34. The molecule has 0 amide bonds. The Hall–Kier alpha value is -1.29. The van der Waals surface area contributed by atoms with Crippen molar-refractivity contribution in [3.63, 3.8) is 0 Å². The van der Waals surface area contributed by atoms with Crippen molar-refractivity contribution < 1.29 is 14.3 Å². The maximum Gasteiger partial charge on any atom is 0.319 e. The minimum Gasteiger partial charge on any atom is -0.468 e. The Kier molecular flexibility index (Phi) is 4.34. The highest BCUT2D eigenvalue weighted by molar-refractivity contribution is 7.98. The van der Waals surface area contributed by atoms with Crippen LogP contribution in [-0.2, 0) is 9.53 Å². The maximum absolute atomic E-state index is 12.2. The van der Waals surface area contributed by atoms with E-state index in [1.807, 2.05) is 18.4 Å². The molecule has 3 nitrogen and oxygen atoms in total. The SMILES string of the molecule is COC(=O)C(C)(C)C(=O)c1ccc(SC)cc1. The van der Waals surface area contributed by atoms with Crippen LogP contribution in [0, 0.1) is 5.41 Å². The number of ketones is 1. The Morgan fingerprint density at radius 2 is 1.71 bits per heavy atom. The van der Waals surface area contributed by atoms with Gasteiger partial charge >= 0.3 is 5.97 Å². The molecule has 0 saturated carbocycles. The van der Waals surface area contributed by atoms with Crippen LogP contribution >= 0.6 is 11.8 Å². The molecule has 92 valence electrons. The maximum atomic E-state index is 12.2. The van der Waals surface area contributed by atoms with Crippen molar-refractivity contribution in [3.05, 3.63) is 29.8 Å². The van der Waals surface area contributed by atoms with Crippen molar-refractivity contribution in [2.45, 2.75) is 18.7 Å². The van der Waals surface area contributed by atoms with Crippen LogP contribution in [0.1, 0.15) is 24.2 Å². The van der Waals surface area contributed by atoms with Gasteiger partial charge in [0.05, 0.1) is 7.11 Å². The molecule has 1 aromatic rings. The van der Waals surface area contributed by atoms with Crippen LogP contribution in [0.25, 0.3) is 0 Å². The van der Waals surface area contributed by atoms with Crippen molar-refractivity contribution in [1.29, 1.82) is 0 Å². The molecule has 0 unspecified atom stereocenters. The van der Waals surface area contributed by atoms with Gasteiger partial charge in [-0.1, -0.05) is 12.1 Å². The molecule has 0 saturated heterocycles. The fourth-order valence-electron chi connectivity index (χ4n) is 1.45. The van der Waals surface area contributed by atoms with Crippen LogP contribution in [0.15, 0.2) is 29.2 Å². The van der Waals surface area contributed by atoms with Crippen LogP contribution < -0.4 is 0 Å². The van der Waals surface area contributed by atoms with E-state index in [-0.39, 0.29) is 5.78 Å². The number of Topliss-reactive ketones (excluding diaryl/α,β-unsaturated/α-hetero) is 1. The third-order valence-electron chi connectivity index (χ3n) is 2.62. The Morgan fingerprint density at radius 1 is 1.18 bits per heavy atom. The summed E-state index contributed by atoms with van der Waals surface area (Å²) in [7, 11) is 1.29. The second-order valence-electron chi connectivity index (χ2n) is 4.17. The monoisotopic (exact) mass is 252 g/mol. The zero-order valence-corrected chi connectivity index (χ0v) is 11.3. The number of hydrogen-bond donors (Lipinski definition) is 0. The van der Waals surface area contributed by atoms with E-state index in [1.165, 1.54) is 7.11 Å². The second-order valence-corrected chi connectivity index (χ2v) is 5.05. The predicted molar refractivity (Wildman–Crippen MR) is 68.4 cm³/mol. The molecule has 0 atom stereocenters. The summed E-state index contributed by atoms with van der Waals surface area (Å²) >= 11 is 1.60. The average Bonchev–Trinajstić information content (AvgIpc) is 2.36. The van der Waals surface area contributed by atoms with Gasteiger partial charge < -0.3 is 4.74 Å². The highest BCUT2D eigenvalue weighted by Gasteiger charge is 2.37. The van der Waals surface area contributed by atoms with Gasteiger partial charge in [0.2, 0.25) is 0 Å². The topological polar surface area (TPSA) is 43.4 Å². The summed E-state index contributed by atoms with van der Waals surface area (Å²) in [5.41, 5.74) is -0.617. The first-order valence-electron chi connectivity index (χ1n) is 5.20. The fourth-order valence-corrected chi connectivity index (χ4v) is 1.86. The Morgan fingerprint density at radius 3 is 2.12 bits per heavy atom. The van der Waals surface area contributed by atoms with Crippen molar-refractivity contribution >= 4 is 23.5 Å². The third-order valence-corrected chi connectivity index (χ3v) is 3.36. The smallest absolute Gasteiger partial charge is 0.319 e. The molecule has 0 heterocycles. The third kappa shape index (κ3) is 2.88. The first-order valence-corrected chi connectivity index (χ1v) is 6.43. The number of esters is 1. The van der Waals surface area contributed by atoms with Crippen molar-refractivity contribution in [3.8, 4) is 0 Å². The number of carbonyl (C=O) groups is 2. The van der Waals surface area contributed by atoms with Gasteiger partial charge in [0, 0.05) is 10.5 Å². The second kappa shape index (κ2) is 5.36. The molecule has 0 fully saturated rings. The molecule has 1 rings (SSSR count). The van der Waals surface area contributed by atoms with Gasteiger partial charge in [-0.05, 0) is 32.2 Å². The lowest BCUT2D eigenvalue weighted by atomic mass is 9.84. The standard InChI is InChI=1S/C13H16O3S/c1-13(2,12(15)16-3)11(14)9-5-7-10(17-4)8-6-9/h5-8H,1-4H3. The molecule has 4 heteroatoms. The Labute approximate surface area is 106 Å². The summed E-state index contributed by atoms with van der Waals surface area (Å²) in [6.07, 6.45) is 1.97. The number of carbonyl (C=O) groups excluding carboxylic acids is 2. The van der Waals surface area contributed by atoms with Gasteiger partial charge in [-0.25, -0.2) is 0 Å². The zero-order valence-electron chi connectivity index (χ0n) is 10.4. The summed E-state index contributed by atoms with van der Waals surface area (Å²) in [4.78, 5) is 24.8. The van der Waals surface area contributed by atoms with E-state index in [0.717, 1.165) is 4.90 Å². The molecule has 0 spiro atoms. The molecule has 0 N–H and O–H groups in total. The Balaban J connectivity index is 2.99. The van der Waals surface area contributed by atoms with Gasteiger partial charge in [-0.2, -0.15) is 0 Å². The van der Waals surface area contributed by atoms with Gasteiger partial charge in [0.15, 0.2) is 5.78 Å². The van der Waals surface area contributed by atoms with Crippen molar-refractivity contribution in [2.75, 3.05) is 13.4 Å². The summed E-state index contributed by atoms with van der Waals surface area (Å²) < 4.78 is 4.64. The molecule has 0 aromatic heterocycles. The number of ether oxygens (including phenoxy) is 1. The molecular formula is C13H16O3S. The number of hydrogen-bond acceptors (Lipinski definition) is 4. The molecule has 1 aromatic carbocycles. The van der Waals surface area contributed by atoms with E-state index in [9.17, 15) is 9.59 Å². The molecule has 17 heavy (non-hydrogen) atoms. The van der Waals surface area contributed by atoms with Gasteiger partial charge in [0.25, 0.3) is 0 Å². The summed E-state index contributed by atoms with van der Waals surface area (Å²) in [6, 6.07) is 7.20. The van der Waals surface area contributed by atoms with Crippen LogP contribution in [0.3, 0.4) is 0 Å². The van der Waals surface area contributed by atoms with E-state index in [0.29, 0.717) is 5.56 Å². The number of rotatable bonds is 4. The van der Waals surface area contributed by atoms with Gasteiger partial charge in [-0.15, -0.1) is 11.8 Å². The van der Waals surface area contributed by atoms with Crippen LogP contribution in [0.5, 0.6) is 0 Å². The van der Waals surface area contributed by atoms with E-state index < -0.39 is 11.4 Å². The molecular weight excluding hydrogens is 236 g/mol.